The van der Waals surface area contributed by atoms with E-state index in [-0.39, 0.29) is 30.1 Å². The molecule has 0 aromatic heterocycles. The Kier molecular flexibility index (Phi) is 8.26. The van der Waals surface area contributed by atoms with Gasteiger partial charge in [-0.3, -0.25) is 4.90 Å². The first-order valence-corrected chi connectivity index (χ1v) is 14.5. The summed E-state index contributed by atoms with van der Waals surface area (Å²) in [5.41, 5.74) is 4.10. The first kappa shape index (κ1) is 29.2. The lowest BCUT2D eigenvalue weighted by Gasteiger charge is -2.38. The van der Waals surface area contributed by atoms with Crippen molar-refractivity contribution in [1.29, 1.82) is 0 Å². The predicted molar refractivity (Wildman–Crippen MR) is 165 cm³/mol. The van der Waals surface area contributed by atoms with Gasteiger partial charge in [-0.1, -0.05) is 66.7 Å². The van der Waals surface area contributed by atoms with Crippen molar-refractivity contribution in [3.05, 3.63) is 113 Å². The highest BCUT2D eigenvalue weighted by atomic mass is 16.6. The van der Waals surface area contributed by atoms with Crippen LogP contribution < -0.4 is 4.74 Å². The number of hydrogen-bond acceptors (Lipinski definition) is 5. The average Bonchev–Trinajstić information content (AvgIpc) is 2.97. The van der Waals surface area contributed by atoms with Gasteiger partial charge in [0.15, 0.2) is 0 Å². The normalized spacial score (nSPS) is 17.1. The summed E-state index contributed by atoms with van der Waals surface area (Å²) in [5, 5.41) is 2.22. The summed E-state index contributed by atoms with van der Waals surface area (Å²) in [6.07, 6.45) is -0.0637. The molecule has 1 amide bonds. The van der Waals surface area contributed by atoms with Crippen molar-refractivity contribution in [2.24, 2.45) is 0 Å². The number of aryl methyl sites for hydroxylation is 1. The first-order valence-electron chi connectivity index (χ1n) is 14.5. The molecule has 0 fully saturated rings. The summed E-state index contributed by atoms with van der Waals surface area (Å²) in [5.74, 6) is 0.384. The van der Waals surface area contributed by atoms with Gasteiger partial charge in [0, 0.05) is 11.5 Å². The molecule has 0 aliphatic carbocycles. The van der Waals surface area contributed by atoms with E-state index in [1.54, 1.807) is 11.0 Å². The van der Waals surface area contributed by atoms with E-state index in [0.717, 1.165) is 38.8 Å². The topological polar surface area (TPSA) is 65.1 Å². The second kappa shape index (κ2) is 11.9. The van der Waals surface area contributed by atoms with Crippen LogP contribution in [0.15, 0.2) is 84.9 Å². The molecular weight excluding hydrogens is 526 g/mol. The average molecular weight is 566 g/mol. The molecule has 218 valence electrons. The summed E-state index contributed by atoms with van der Waals surface area (Å²) in [6.45, 7) is 10.1. The molecule has 0 saturated heterocycles. The third-order valence-corrected chi connectivity index (χ3v) is 7.93. The summed E-state index contributed by atoms with van der Waals surface area (Å²) in [7, 11) is 1.39. The monoisotopic (exact) mass is 565 g/mol. The van der Waals surface area contributed by atoms with Crippen LogP contribution in [-0.4, -0.2) is 42.3 Å². The van der Waals surface area contributed by atoms with Crippen LogP contribution in [0.5, 0.6) is 5.75 Å². The highest BCUT2D eigenvalue weighted by molar-refractivity contribution is 5.89. The summed E-state index contributed by atoms with van der Waals surface area (Å²) in [4.78, 5) is 28.0. The maximum atomic E-state index is 13.8. The number of carbonyl (C=O) groups excluding carboxylic acids is 2. The maximum absolute atomic E-state index is 13.8. The van der Waals surface area contributed by atoms with Crippen LogP contribution in [0.3, 0.4) is 0 Å². The number of fused-ring (bicyclic) bond motifs is 2. The minimum absolute atomic E-state index is 0.0297. The minimum atomic E-state index is -0.651. The quantitative estimate of drug-likeness (QED) is 0.220. The van der Waals surface area contributed by atoms with E-state index >= 15 is 0 Å². The zero-order valence-electron chi connectivity index (χ0n) is 25.2. The third-order valence-electron chi connectivity index (χ3n) is 7.93. The van der Waals surface area contributed by atoms with Crippen LogP contribution in [0.4, 0.5) is 4.79 Å². The van der Waals surface area contributed by atoms with Gasteiger partial charge in [0.2, 0.25) is 0 Å². The molecule has 1 aliphatic heterocycles. The Balaban J connectivity index is 1.53. The number of amides is 1. The minimum Gasteiger partial charge on any atom is -0.488 e. The van der Waals surface area contributed by atoms with Crippen LogP contribution in [-0.2, 0) is 9.47 Å². The number of para-hydroxylation sites is 1. The number of methoxy groups -OCH3 is 1. The van der Waals surface area contributed by atoms with E-state index in [9.17, 15) is 9.59 Å². The molecule has 6 nitrogen and oxygen atoms in total. The van der Waals surface area contributed by atoms with Gasteiger partial charge in [0.25, 0.3) is 0 Å². The molecule has 42 heavy (non-hydrogen) atoms. The highest BCUT2D eigenvalue weighted by Crippen LogP contribution is 2.42. The SMILES string of the molecule is COC(=O)c1ccc(C)c(C2CC(CN(C(=O)OC(C)(C)C)C(C)c3cccc4ccccc34)Oc3ccccc32)c1. The number of carbonyl (C=O) groups is 2. The second-order valence-electron chi connectivity index (χ2n) is 12.0. The van der Waals surface area contributed by atoms with Gasteiger partial charge in [-0.05, 0) is 86.7 Å². The molecule has 1 aliphatic rings. The van der Waals surface area contributed by atoms with Crippen LogP contribution in [0.2, 0.25) is 0 Å². The van der Waals surface area contributed by atoms with Crippen molar-refractivity contribution in [1.82, 2.24) is 4.90 Å². The Morgan fingerprint density at radius 3 is 2.43 bits per heavy atom. The number of nitrogens with zero attached hydrogens (tertiary/aromatic N) is 1. The molecule has 4 aromatic carbocycles. The summed E-state index contributed by atoms with van der Waals surface area (Å²) < 4.78 is 17.5. The van der Waals surface area contributed by atoms with E-state index in [1.165, 1.54) is 7.11 Å². The number of rotatable bonds is 6. The Bertz CT molecular complexity index is 1600. The number of benzene rings is 4. The molecule has 3 atom stereocenters. The Morgan fingerprint density at radius 2 is 1.67 bits per heavy atom. The molecule has 0 saturated carbocycles. The predicted octanol–water partition coefficient (Wildman–Crippen LogP) is 8.22. The molecule has 6 heteroatoms. The fourth-order valence-electron chi connectivity index (χ4n) is 5.87. The van der Waals surface area contributed by atoms with E-state index in [0.29, 0.717) is 18.5 Å². The van der Waals surface area contributed by atoms with E-state index in [1.807, 2.05) is 76.2 Å². The van der Waals surface area contributed by atoms with Gasteiger partial charge in [-0.25, -0.2) is 9.59 Å². The zero-order chi connectivity index (χ0) is 30.0. The maximum Gasteiger partial charge on any atom is 0.410 e. The number of esters is 1. The number of ether oxygens (including phenoxy) is 3. The molecule has 5 rings (SSSR count). The molecular formula is C36H39NO5. The lowest BCUT2D eigenvalue weighted by Crippen LogP contribution is -2.45. The fraction of sp³-hybridized carbons (Fsp3) is 0.333. The van der Waals surface area contributed by atoms with Crippen molar-refractivity contribution in [2.75, 3.05) is 13.7 Å². The van der Waals surface area contributed by atoms with Gasteiger partial charge in [-0.15, -0.1) is 0 Å². The van der Waals surface area contributed by atoms with Crippen molar-refractivity contribution < 1.29 is 23.8 Å². The van der Waals surface area contributed by atoms with Crippen LogP contribution in [0.25, 0.3) is 10.8 Å². The molecule has 0 spiro atoms. The standard InChI is InChI=1S/C36H39NO5/c1-23-18-19-26(34(38)40-6)20-31(23)32-21-27(41-33-17-10-9-15-30(32)33)22-37(35(39)42-36(3,4)5)24(2)28-16-11-13-25-12-7-8-14-29(25)28/h7-20,24,27,32H,21-22H2,1-6H3. The van der Waals surface area contributed by atoms with Crippen LogP contribution in [0.1, 0.15) is 78.7 Å². The summed E-state index contributed by atoms with van der Waals surface area (Å²) in [6, 6.07) is 27.8. The van der Waals surface area contributed by atoms with E-state index in [2.05, 4.69) is 37.3 Å². The first-order chi connectivity index (χ1) is 20.1. The fourth-order valence-corrected chi connectivity index (χ4v) is 5.87. The van der Waals surface area contributed by atoms with Gasteiger partial charge in [-0.2, -0.15) is 0 Å². The molecule has 0 radical (unpaired) electrons. The van der Waals surface area contributed by atoms with Gasteiger partial charge in [0.1, 0.15) is 17.5 Å². The molecule has 1 heterocycles. The lowest BCUT2D eigenvalue weighted by atomic mass is 9.81. The molecule has 0 bridgehead atoms. The van der Waals surface area contributed by atoms with Crippen molar-refractivity contribution in [3.8, 4) is 5.75 Å². The van der Waals surface area contributed by atoms with Gasteiger partial charge in [0.05, 0.1) is 25.3 Å². The smallest absolute Gasteiger partial charge is 0.410 e. The van der Waals surface area contributed by atoms with Crippen LogP contribution >= 0.6 is 0 Å². The highest BCUT2D eigenvalue weighted by Gasteiger charge is 2.36. The number of hydrogen-bond donors (Lipinski definition) is 0. The molecule has 3 unspecified atom stereocenters. The Morgan fingerprint density at radius 1 is 0.952 bits per heavy atom. The largest absolute Gasteiger partial charge is 0.488 e. The van der Waals surface area contributed by atoms with E-state index < -0.39 is 5.60 Å². The zero-order valence-corrected chi connectivity index (χ0v) is 25.2. The van der Waals surface area contributed by atoms with Crippen LogP contribution in [0, 0.1) is 6.92 Å². The lowest BCUT2D eigenvalue weighted by molar-refractivity contribution is 0.00568. The second-order valence-corrected chi connectivity index (χ2v) is 12.0. The van der Waals surface area contributed by atoms with Crippen molar-refractivity contribution >= 4 is 22.8 Å². The molecule has 4 aromatic rings. The Labute approximate surface area is 248 Å². The molecule has 0 N–H and O–H groups in total. The van der Waals surface area contributed by atoms with Gasteiger partial charge >= 0.3 is 12.1 Å². The van der Waals surface area contributed by atoms with E-state index in [4.69, 9.17) is 14.2 Å². The Hall–Kier alpha value is -4.32. The summed E-state index contributed by atoms with van der Waals surface area (Å²) >= 11 is 0. The van der Waals surface area contributed by atoms with Gasteiger partial charge < -0.3 is 14.2 Å². The third kappa shape index (κ3) is 6.13. The van der Waals surface area contributed by atoms with Crippen molar-refractivity contribution in [2.45, 2.75) is 64.7 Å². The van der Waals surface area contributed by atoms with Crippen molar-refractivity contribution in [3.63, 3.8) is 0 Å².